The average Bonchev–Trinajstić information content (AvgIpc) is 2.66. The van der Waals surface area contributed by atoms with Crippen molar-refractivity contribution in [3.05, 3.63) is 15.8 Å². The molecule has 7 heteroatoms. The van der Waals surface area contributed by atoms with E-state index in [4.69, 9.17) is 6.42 Å². The second kappa shape index (κ2) is 7.04. The Morgan fingerprint density at radius 1 is 1.63 bits per heavy atom. The van der Waals surface area contributed by atoms with Crippen molar-refractivity contribution in [2.75, 3.05) is 23.4 Å². The fraction of sp³-hybridized carbons (Fsp3) is 0.583. The predicted octanol–water partition coefficient (Wildman–Crippen LogP) is 2.46. The molecule has 19 heavy (non-hydrogen) atoms. The van der Waals surface area contributed by atoms with E-state index in [1.807, 2.05) is 13.8 Å². The number of nitro groups is 1. The Hall–Kier alpha value is -1.68. The molecule has 0 bridgehead atoms. The van der Waals surface area contributed by atoms with Crippen LogP contribution in [0, 0.1) is 29.4 Å². The van der Waals surface area contributed by atoms with Gasteiger partial charge < -0.3 is 5.32 Å². The summed E-state index contributed by atoms with van der Waals surface area (Å²) in [5.74, 6) is 4.45. The number of thioether (sulfide) groups is 1. The molecule has 1 rings (SSSR count). The molecule has 0 saturated carbocycles. The summed E-state index contributed by atoms with van der Waals surface area (Å²) in [7, 11) is 0. The van der Waals surface area contributed by atoms with E-state index >= 15 is 0 Å². The number of aromatic nitrogens is 2. The molecule has 0 spiro atoms. The van der Waals surface area contributed by atoms with Crippen LogP contribution >= 0.6 is 11.8 Å². The van der Waals surface area contributed by atoms with Crippen LogP contribution in [-0.2, 0) is 0 Å². The monoisotopic (exact) mass is 282 g/mol. The highest BCUT2D eigenvalue weighted by Gasteiger charge is 2.25. The minimum absolute atomic E-state index is 0.0515. The molecular formula is C12H18N4O2S. The molecule has 104 valence electrons. The van der Waals surface area contributed by atoms with Gasteiger partial charge in [0, 0.05) is 18.3 Å². The molecule has 6 nitrogen and oxygen atoms in total. The summed E-state index contributed by atoms with van der Waals surface area (Å²) in [4.78, 5) is 10.7. The van der Waals surface area contributed by atoms with Crippen LogP contribution in [0.15, 0.2) is 0 Å². The van der Waals surface area contributed by atoms with Crippen molar-refractivity contribution in [1.82, 2.24) is 9.78 Å². The lowest BCUT2D eigenvalue weighted by atomic mass is 10.3. The summed E-state index contributed by atoms with van der Waals surface area (Å²) < 4.78 is 1.65. The van der Waals surface area contributed by atoms with Gasteiger partial charge in [-0.2, -0.15) is 5.10 Å². The van der Waals surface area contributed by atoms with E-state index < -0.39 is 4.92 Å². The number of nitrogens with zero attached hydrogens (tertiary/aromatic N) is 3. The lowest BCUT2D eigenvalue weighted by Gasteiger charge is -2.11. The highest BCUT2D eigenvalue weighted by molar-refractivity contribution is 7.99. The third kappa shape index (κ3) is 3.89. The molecule has 1 aromatic rings. The van der Waals surface area contributed by atoms with Gasteiger partial charge >= 0.3 is 5.69 Å². The third-order valence-corrected chi connectivity index (χ3v) is 3.31. The highest BCUT2D eigenvalue weighted by Crippen LogP contribution is 2.30. The SMILES string of the molecule is C#CCSCCNc1c([N+](=O)[O-])c(C)nn1C(C)C. The highest BCUT2D eigenvalue weighted by atomic mass is 32.2. The summed E-state index contributed by atoms with van der Waals surface area (Å²) in [6.07, 6.45) is 5.16. The van der Waals surface area contributed by atoms with Crippen LogP contribution in [0.5, 0.6) is 0 Å². The normalized spacial score (nSPS) is 10.5. The molecular weight excluding hydrogens is 264 g/mol. The van der Waals surface area contributed by atoms with Gasteiger partial charge in [-0.1, -0.05) is 5.92 Å². The number of anilines is 1. The summed E-state index contributed by atoms with van der Waals surface area (Å²) in [5, 5.41) is 18.4. The van der Waals surface area contributed by atoms with Crippen molar-refractivity contribution in [2.45, 2.75) is 26.8 Å². The first-order valence-corrected chi connectivity index (χ1v) is 7.13. The Morgan fingerprint density at radius 3 is 2.84 bits per heavy atom. The molecule has 1 N–H and O–H groups in total. The number of terminal acetylenes is 1. The Kier molecular flexibility index (Phi) is 5.70. The minimum Gasteiger partial charge on any atom is -0.364 e. The Bertz CT molecular complexity index is 491. The van der Waals surface area contributed by atoms with Gasteiger partial charge in [0.1, 0.15) is 5.69 Å². The maximum atomic E-state index is 11.1. The topological polar surface area (TPSA) is 73.0 Å². The smallest absolute Gasteiger partial charge is 0.333 e. The number of rotatable bonds is 7. The second-order valence-corrected chi connectivity index (χ2v) is 5.37. The zero-order chi connectivity index (χ0) is 14.4. The molecule has 0 aromatic carbocycles. The van der Waals surface area contributed by atoms with Crippen molar-refractivity contribution >= 4 is 23.3 Å². The maximum absolute atomic E-state index is 11.1. The summed E-state index contributed by atoms with van der Waals surface area (Å²) in [6, 6.07) is 0.0632. The standard InChI is InChI=1S/C12H18N4O2S/c1-5-7-19-8-6-13-12-11(16(17)18)10(4)14-15(12)9(2)3/h1,9,13H,6-8H2,2-4H3. The molecule has 0 aliphatic carbocycles. The van der Waals surface area contributed by atoms with Crippen molar-refractivity contribution < 1.29 is 4.92 Å². The fourth-order valence-corrected chi connectivity index (χ4v) is 2.18. The summed E-state index contributed by atoms with van der Waals surface area (Å²) in [6.45, 7) is 6.14. The van der Waals surface area contributed by atoms with E-state index in [2.05, 4.69) is 16.3 Å². The van der Waals surface area contributed by atoms with Gasteiger partial charge in [-0.25, -0.2) is 4.68 Å². The largest absolute Gasteiger partial charge is 0.364 e. The van der Waals surface area contributed by atoms with Crippen LogP contribution in [0.2, 0.25) is 0 Å². The molecule has 0 amide bonds. The van der Waals surface area contributed by atoms with Gasteiger partial charge in [0.25, 0.3) is 0 Å². The lowest BCUT2D eigenvalue weighted by molar-refractivity contribution is -0.384. The maximum Gasteiger partial charge on any atom is 0.333 e. The van der Waals surface area contributed by atoms with Crippen molar-refractivity contribution in [2.24, 2.45) is 0 Å². The van der Waals surface area contributed by atoms with Crippen molar-refractivity contribution in [3.63, 3.8) is 0 Å². The Balaban J connectivity index is 2.84. The Labute approximate surface area is 117 Å². The lowest BCUT2D eigenvalue weighted by Crippen LogP contribution is -2.13. The van der Waals surface area contributed by atoms with Crippen LogP contribution < -0.4 is 5.32 Å². The van der Waals surface area contributed by atoms with E-state index in [1.165, 1.54) is 0 Å². The average molecular weight is 282 g/mol. The number of hydrogen-bond acceptors (Lipinski definition) is 5. The molecule has 0 fully saturated rings. The molecule has 0 unspecified atom stereocenters. The third-order valence-electron chi connectivity index (χ3n) is 2.45. The molecule has 0 saturated heterocycles. The van der Waals surface area contributed by atoms with E-state index in [1.54, 1.807) is 23.4 Å². The Morgan fingerprint density at radius 2 is 2.32 bits per heavy atom. The quantitative estimate of drug-likeness (QED) is 0.360. The van der Waals surface area contributed by atoms with Gasteiger partial charge in [0.15, 0.2) is 0 Å². The zero-order valence-electron chi connectivity index (χ0n) is 11.3. The van der Waals surface area contributed by atoms with E-state index in [0.29, 0.717) is 23.8 Å². The van der Waals surface area contributed by atoms with Crippen LogP contribution in [0.3, 0.4) is 0 Å². The molecule has 0 aliphatic rings. The van der Waals surface area contributed by atoms with Gasteiger partial charge in [0.05, 0.1) is 10.7 Å². The molecule has 1 heterocycles. The van der Waals surface area contributed by atoms with Crippen LogP contribution in [0.25, 0.3) is 0 Å². The fourth-order valence-electron chi connectivity index (χ4n) is 1.67. The van der Waals surface area contributed by atoms with Crippen LogP contribution in [-0.4, -0.2) is 32.8 Å². The minimum atomic E-state index is -0.391. The van der Waals surface area contributed by atoms with Gasteiger partial charge in [0.2, 0.25) is 5.82 Å². The molecule has 1 aromatic heterocycles. The zero-order valence-corrected chi connectivity index (χ0v) is 12.2. The first-order valence-electron chi connectivity index (χ1n) is 5.97. The van der Waals surface area contributed by atoms with Crippen molar-refractivity contribution in [1.29, 1.82) is 0 Å². The van der Waals surface area contributed by atoms with E-state index in [9.17, 15) is 10.1 Å². The number of hydrogen-bond donors (Lipinski definition) is 1. The molecule has 0 aliphatic heterocycles. The van der Waals surface area contributed by atoms with Gasteiger partial charge in [-0.15, -0.1) is 18.2 Å². The predicted molar refractivity (Wildman–Crippen MR) is 78.7 cm³/mol. The molecule has 0 radical (unpaired) electrons. The number of nitrogens with one attached hydrogen (secondary N) is 1. The summed E-state index contributed by atoms with van der Waals surface area (Å²) >= 11 is 1.61. The van der Waals surface area contributed by atoms with Crippen molar-refractivity contribution in [3.8, 4) is 12.3 Å². The summed E-state index contributed by atoms with van der Waals surface area (Å²) in [5.41, 5.74) is 0.480. The van der Waals surface area contributed by atoms with Gasteiger partial charge in [-0.05, 0) is 20.8 Å². The first kappa shape index (κ1) is 15.4. The first-order chi connectivity index (χ1) is 8.99. The van der Waals surface area contributed by atoms with E-state index in [0.717, 1.165) is 5.75 Å². The second-order valence-electron chi connectivity index (χ2n) is 4.26. The van der Waals surface area contributed by atoms with Crippen LogP contribution in [0.1, 0.15) is 25.6 Å². The molecule has 0 atom stereocenters. The van der Waals surface area contributed by atoms with Crippen LogP contribution in [0.4, 0.5) is 11.5 Å². The number of aryl methyl sites for hydroxylation is 1. The van der Waals surface area contributed by atoms with Gasteiger partial charge in [-0.3, -0.25) is 10.1 Å². The van der Waals surface area contributed by atoms with E-state index in [-0.39, 0.29) is 11.7 Å².